The van der Waals surface area contributed by atoms with Gasteiger partial charge in [-0.05, 0) is 18.2 Å². The third-order valence-electron chi connectivity index (χ3n) is 6.06. The summed E-state index contributed by atoms with van der Waals surface area (Å²) in [7, 11) is -3.56. The van der Waals surface area contributed by atoms with Gasteiger partial charge in [0.2, 0.25) is 15.9 Å². The SMILES string of the molecule is CCN(CC)S(=O)(=O)c1ccc2c(c1)nnn2CCC(=O)N1CCC2(CC1)OCCO2. The Kier molecular flexibility index (Phi) is 6.29. The maximum absolute atomic E-state index is 12.7. The second-order valence-electron chi connectivity index (χ2n) is 7.79. The summed E-state index contributed by atoms with van der Waals surface area (Å²) >= 11 is 0. The van der Waals surface area contributed by atoms with Crippen molar-refractivity contribution in [2.24, 2.45) is 0 Å². The summed E-state index contributed by atoms with van der Waals surface area (Å²) in [5, 5.41) is 8.24. The van der Waals surface area contributed by atoms with Gasteiger partial charge in [0.05, 0.1) is 30.2 Å². The third kappa shape index (κ3) is 4.32. The highest BCUT2D eigenvalue weighted by atomic mass is 32.2. The topological polar surface area (TPSA) is 107 Å². The van der Waals surface area contributed by atoms with Crippen molar-refractivity contribution >= 4 is 27.0 Å². The van der Waals surface area contributed by atoms with Crippen molar-refractivity contribution in [1.29, 1.82) is 0 Å². The van der Waals surface area contributed by atoms with E-state index in [1.807, 2.05) is 18.7 Å². The Balaban J connectivity index is 1.40. The van der Waals surface area contributed by atoms with Crippen molar-refractivity contribution in [1.82, 2.24) is 24.2 Å². The molecule has 2 aliphatic heterocycles. The zero-order valence-corrected chi connectivity index (χ0v) is 18.8. The molecule has 3 heterocycles. The third-order valence-corrected chi connectivity index (χ3v) is 8.10. The summed E-state index contributed by atoms with van der Waals surface area (Å²) < 4.78 is 39.9. The summed E-state index contributed by atoms with van der Waals surface area (Å²) in [6.07, 6.45) is 1.68. The lowest BCUT2D eigenvalue weighted by Gasteiger charge is -2.37. The second-order valence-corrected chi connectivity index (χ2v) is 9.73. The largest absolute Gasteiger partial charge is 0.347 e. The zero-order valence-electron chi connectivity index (χ0n) is 18.0. The molecule has 2 aliphatic rings. The molecule has 11 heteroatoms. The molecular weight excluding hydrogens is 422 g/mol. The van der Waals surface area contributed by atoms with E-state index in [9.17, 15) is 13.2 Å². The number of carbonyl (C=O) groups excluding carboxylic acids is 1. The van der Waals surface area contributed by atoms with Crippen molar-refractivity contribution in [2.45, 2.75) is 50.3 Å². The standard InChI is InChI=1S/C20H29N5O5S/c1-3-24(4-2)31(27,28)16-5-6-18-17(15-16)21-22-25(18)10-7-19(26)23-11-8-20(9-12-23)29-13-14-30-20/h5-6,15H,3-4,7-14H2,1-2H3. The van der Waals surface area contributed by atoms with E-state index in [0.29, 0.717) is 76.2 Å². The van der Waals surface area contributed by atoms with Crippen LogP contribution in [0.5, 0.6) is 0 Å². The Labute approximate surface area is 182 Å². The highest BCUT2D eigenvalue weighted by Gasteiger charge is 2.40. The summed E-state index contributed by atoms with van der Waals surface area (Å²) in [5.74, 6) is -0.445. The second kappa shape index (κ2) is 8.81. The minimum absolute atomic E-state index is 0.0530. The first kappa shape index (κ1) is 22.1. The Hall–Kier alpha value is -2.08. The minimum Gasteiger partial charge on any atom is -0.347 e. The lowest BCUT2D eigenvalue weighted by atomic mass is 10.0. The van der Waals surface area contributed by atoms with Gasteiger partial charge in [-0.15, -0.1) is 5.10 Å². The number of fused-ring (bicyclic) bond motifs is 1. The number of aryl methyl sites for hydroxylation is 1. The predicted octanol–water partition coefficient (Wildman–Crippen LogP) is 1.22. The molecular formula is C20H29N5O5S. The van der Waals surface area contributed by atoms with Crippen molar-refractivity contribution in [3.05, 3.63) is 18.2 Å². The van der Waals surface area contributed by atoms with Gasteiger partial charge in [-0.3, -0.25) is 4.79 Å². The number of ether oxygens (including phenoxy) is 2. The van der Waals surface area contributed by atoms with Crippen molar-refractivity contribution in [3.8, 4) is 0 Å². The summed E-state index contributed by atoms with van der Waals surface area (Å²) in [5.41, 5.74) is 1.20. The van der Waals surface area contributed by atoms with E-state index in [0.717, 1.165) is 0 Å². The van der Waals surface area contributed by atoms with Crippen molar-refractivity contribution < 1.29 is 22.7 Å². The maximum Gasteiger partial charge on any atom is 0.243 e. The summed E-state index contributed by atoms with van der Waals surface area (Å²) in [4.78, 5) is 14.7. The first-order chi connectivity index (χ1) is 14.9. The van der Waals surface area contributed by atoms with Crippen LogP contribution in [0, 0.1) is 0 Å². The van der Waals surface area contributed by atoms with E-state index in [1.54, 1.807) is 22.9 Å². The number of piperidine rings is 1. The van der Waals surface area contributed by atoms with Gasteiger partial charge in [0.25, 0.3) is 0 Å². The van der Waals surface area contributed by atoms with E-state index >= 15 is 0 Å². The molecule has 0 bridgehead atoms. The van der Waals surface area contributed by atoms with Gasteiger partial charge in [0.15, 0.2) is 5.79 Å². The lowest BCUT2D eigenvalue weighted by molar-refractivity contribution is -0.187. The Morgan fingerprint density at radius 1 is 1.16 bits per heavy atom. The summed E-state index contributed by atoms with van der Waals surface area (Å²) in [6, 6.07) is 4.82. The van der Waals surface area contributed by atoms with E-state index in [4.69, 9.17) is 9.47 Å². The zero-order chi connectivity index (χ0) is 22.1. The smallest absolute Gasteiger partial charge is 0.243 e. The molecule has 170 valence electrons. The van der Waals surface area contributed by atoms with Gasteiger partial charge < -0.3 is 14.4 Å². The molecule has 0 N–H and O–H groups in total. The molecule has 2 saturated heterocycles. The van der Waals surface area contributed by atoms with Crippen LogP contribution in [0.25, 0.3) is 11.0 Å². The van der Waals surface area contributed by atoms with E-state index in [1.165, 1.54) is 4.31 Å². The molecule has 0 atom stereocenters. The quantitative estimate of drug-likeness (QED) is 0.623. The maximum atomic E-state index is 12.7. The van der Waals surface area contributed by atoms with Crippen LogP contribution in [0.15, 0.2) is 23.1 Å². The number of sulfonamides is 1. The van der Waals surface area contributed by atoms with Crippen LogP contribution in [0.3, 0.4) is 0 Å². The van der Waals surface area contributed by atoms with E-state index < -0.39 is 15.8 Å². The highest BCUT2D eigenvalue weighted by Crippen LogP contribution is 2.31. The fraction of sp³-hybridized carbons (Fsp3) is 0.650. The van der Waals surface area contributed by atoms with Crippen molar-refractivity contribution in [3.63, 3.8) is 0 Å². The molecule has 1 spiro atoms. The van der Waals surface area contributed by atoms with Crippen LogP contribution in [0.2, 0.25) is 0 Å². The molecule has 1 amide bonds. The number of amides is 1. The number of hydrogen-bond donors (Lipinski definition) is 0. The van der Waals surface area contributed by atoms with Crippen LogP contribution in [0.4, 0.5) is 0 Å². The van der Waals surface area contributed by atoms with E-state index in [-0.39, 0.29) is 10.8 Å². The normalized spacial score (nSPS) is 19.0. The fourth-order valence-corrected chi connectivity index (χ4v) is 5.71. The van der Waals surface area contributed by atoms with Crippen molar-refractivity contribution in [2.75, 3.05) is 39.4 Å². The van der Waals surface area contributed by atoms with Gasteiger partial charge in [0, 0.05) is 45.4 Å². The molecule has 2 aromatic rings. The van der Waals surface area contributed by atoms with Crippen LogP contribution >= 0.6 is 0 Å². The average Bonchev–Trinajstić information content (AvgIpc) is 3.40. The van der Waals surface area contributed by atoms with Gasteiger partial charge in [0.1, 0.15) is 5.52 Å². The number of carbonyl (C=O) groups is 1. The number of likely N-dealkylation sites (tertiary alicyclic amines) is 1. The molecule has 10 nitrogen and oxygen atoms in total. The number of aromatic nitrogens is 3. The van der Waals surface area contributed by atoms with Crippen LogP contribution in [-0.2, 0) is 30.8 Å². The number of nitrogens with zero attached hydrogens (tertiary/aromatic N) is 5. The van der Waals surface area contributed by atoms with Gasteiger partial charge in [-0.1, -0.05) is 19.1 Å². The molecule has 4 rings (SSSR count). The predicted molar refractivity (Wildman–Crippen MR) is 113 cm³/mol. The lowest BCUT2D eigenvalue weighted by Crippen LogP contribution is -2.47. The summed E-state index contributed by atoms with van der Waals surface area (Å²) in [6.45, 7) is 7.27. The first-order valence-corrected chi connectivity index (χ1v) is 12.2. The Morgan fingerprint density at radius 3 is 2.48 bits per heavy atom. The number of hydrogen-bond acceptors (Lipinski definition) is 7. The highest BCUT2D eigenvalue weighted by molar-refractivity contribution is 7.89. The molecule has 0 radical (unpaired) electrons. The molecule has 2 fully saturated rings. The average molecular weight is 452 g/mol. The molecule has 1 aromatic heterocycles. The van der Waals surface area contributed by atoms with Crippen LogP contribution < -0.4 is 0 Å². The van der Waals surface area contributed by atoms with E-state index in [2.05, 4.69) is 10.3 Å². The Bertz CT molecular complexity index is 1030. The number of rotatable bonds is 7. The fourth-order valence-electron chi connectivity index (χ4n) is 4.23. The van der Waals surface area contributed by atoms with Gasteiger partial charge in [-0.2, -0.15) is 4.31 Å². The minimum atomic E-state index is -3.56. The molecule has 1 aromatic carbocycles. The van der Waals surface area contributed by atoms with Crippen LogP contribution in [-0.4, -0.2) is 83.7 Å². The Morgan fingerprint density at radius 2 is 1.84 bits per heavy atom. The monoisotopic (exact) mass is 451 g/mol. The van der Waals surface area contributed by atoms with Gasteiger partial charge >= 0.3 is 0 Å². The molecule has 0 aliphatic carbocycles. The van der Waals surface area contributed by atoms with Crippen LogP contribution in [0.1, 0.15) is 33.1 Å². The van der Waals surface area contributed by atoms with Gasteiger partial charge in [-0.25, -0.2) is 13.1 Å². The number of benzene rings is 1. The molecule has 31 heavy (non-hydrogen) atoms. The molecule has 0 saturated carbocycles. The molecule has 0 unspecified atom stereocenters. The first-order valence-electron chi connectivity index (χ1n) is 10.8.